The first-order valence-corrected chi connectivity index (χ1v) is 8.26. The summed E-state index contributed by atoms with van der Waals surface area (Å²) in [6, 6.07) is 6.82. The lowest BCUT2D eigenvalue weighted by Crippen LogP contribution is -2.52. The van der Waals surface area contributed by atoms with Crippen molar-refractivity contribution >= 4 is 17.7 Å². The number of benzene rings is 1. The number of rotatable bonds is 4. The predicted molar refractivity (Wildman–Crippen MR) is 85.3 cm³/mol. The van der Waals surface area contributed by atoms with Crippen LogP contribution < -0.4 is 5.32 Å². The maximum Gasteiger partial charge on any atom is 0.223 e. The van der Waals surface area contributed by atoms with Crippen molar-refractivity contribution in [3.8, 4) is 0 Å². The highest BCUT2D eigenvalue weighted by molar-refractivity contribution is 7.99. The van der Waals surface area contributed by atoms with Gasteiger partial charge in [-0.1, -0.05) is 6.07 Å². The SMILES string of the molecule is Cc1ccc(SCCC(=O)N2CCNCC2C)cc1C. The van der Waals surface area contributed by atoms with E-state index in [4.69, 9.17) is 0 Å². The highest BCUT2D eigenvalue weighted by Gasteiger charge is 2.22. The van der Waals surface area contributed by atoms with Crippen LogP contribution >= 0.6 is 11.8 Å². The maximum absolute atomic E-state index is 12.2. The van der Waals surface area contributed by atoms with Crippen LogP contribution in [-0.4, -0.2) is 42.2 Å². The minimum absolute atomic E-state index is 0.287. The zero-order valence-corrected chi connectivity index (χ0v) is 13.4. The van der Waals surface area contributed by atoms with Crippen molar-refractivity contribution in [3.05, 3.63) is 29.3 Å². The number of nitrogens with zero attached hydrogens (tertiary/aromatic N) is 1. The van der Waals surface area contributed by atoms with Crippen LogP contribution in [0.4, 0.5) is 0 Å². The van der Waals surface area contributed by atoms with Crippen molar-refractivity contribution in [1.29, 1.82) is 0 Å². The number of thioether (sulfide) groups is 1. The van der Waals surface area contributed by atoms with Crippen molar-refractivity contribution < 1.29 is 4.79 Å². The molecule has 0 aliphatic carbocycles. The minimum atomic E-state index is 0.287. The van der Waals surface area contributed by atoms with E-state index in [1.54, 1.807) is 11.8 Å². The third kappa shape index (κ3) is 4.00. The third-order valence-corrected chi connectivity index (χ3v) is 4.88. The zero-order chi connectivity index (χ0) is 14.5. The lowest BCUT2D eigenvalue weighted by atomic mass is 10.1. The highest BCUT2D eigenvalue weighted by atomic mass is 32.2. The van der Waals surface area contributed by atoms with Gasteiger partial charge in [-0.15, -0.1) is 11.8 Å². The number of piperazine rings is 1. The number of hydrogen-bond acceptors (Lipinski definition) is 3. The Bertz CT molecular complexity index is 476. The molecule has 3 nitrogen and oxygen atoms in total. The standard InChI is InChI=1S/C16H24N2OS/c1-12-4-5-15(10-13(12)2)20-9-6-16(19)18-8-7-17-11-14(18)3/h4-5,10,14,17H,6-9,11H2,1-3H3. The fraction of sp³-hybridized carbons (Fsp3) is 0.562. The second-order valence-electron chi connectivity index (χ2n) is 5.48. The molecule has 20 heavy (non-hydrogen) atoms. The normalized spacial score (nSPS) is 19.1. The molecule has 1 unspecified atom stereocenters. The fourth-order valence-corrected chi connectivity index (χ4v) is 3.35. The van der Waals surface area contributed by atoms with Crippen LogP contribution in [0.15, 0.2) is 23.1 Å². The molecule has 0 aromatic heterocycles. The molecular weight excluding hydrogens is 268 g/mol. The fourth-order valence-electron chi connectivity index (χ4n) is 2.42. The second kappa shape index (κ2) is 7.14. The van der Waals surface area contributed by atoms with Gasteiger partial charge in [0.2, 0.25) is 5.91 Å². The van der Waals surface area contributed by atoms with Crippen LogP contribution in [0.5, 0.6) is 0 Å². The molecular formula is C16H24N2OS. The summed E-state index contributed by atoms with van der Waals surface area (Å²) in [4.78, 5) is 15.5. The summed E-state index contributed by atoms with van der Waals surface area (Å²) in [7, 11) is 0. The van der Waals surface area contributed by atoms with E-state index in [0.717, 1.165) is 25.4 Å². The number of aryl methyl sites for hydroxylation is 2. The van der Waals surface area contributed by atoms with Gasteiger partial charge < -0.3 is 10.2 Å². The van der Waals surface area contributed by atoms with Crippen LogP contribution in [-0.2, 0) is 4.79 Å². The summed E-state index contributed by atoms with van der Waals surface area (Å²) in [6.07, 6.45) is 0.627. The molecule has 2 rings (SSSR count). The smallest absolute Gasteiger partial charge is 0.223 e. The van der Waals surface area contributed by atoms with Gasteiger partial charge in [0.05, 0.1) is 0 Å². The molecule has 4 heteroatoms. The largest absolute Gasteiger partial charge is 0.337 e. The van der Waals surface area contributed by atoms with Gasteiger partial charge in [0.25, 0.3) is 0 Å². The van der Waals surface area contributed by atoms with Gasteiger partial charge in [-0.3, -0.25) is 4.79 Å². The van der Waals surface area contributed by atoms with E-state index in [-0.39, 0.29) is 5.91 Å². The van der Waals surface area contributed by atoms with Crippen molar-refractivity contribution in [2.24, 2.45) is 0 Å². The Morgan fingerprint density at radius 1 is 1.40 bits per heavy atom. The van der Waals surface area contributed by atoms with Gasteiger partial charge in [0.1, 0.15) is 0 Å². The summed E-state index contributed by atoms with van der Waals surface area (Å²) >= 11 is 1.77. The van der Waals surface area contributed by atoms with E-state index in [2.05, 4.69) is 44.3 Å². The van der Waals surface area contributed by atoms with Gasteiger partial charge in [0.15, 0.2) is 0 Å². The molecule has 110 valence electrons. The summed E-state index contributed by atoms with van der Waals surface area (Å²) in [6.45, 7) is 9.04. The first-order valence-electron chi connectivity index (χ1n) is 7.28. The summed E-state index contributed by atoms with van der Waals surface area (Å²) in [5.41, 5.74) is 2.64. The van der Waals surface area contributed by atoms with Crippen LogP contribution in [0, 0.1) is 13.8 Å². The Hall–Kier alpha value is -1.00. The molecule has 1 atom stereocenters. The van der Waals surface area contributed by atoms with E-state index in [1.807, 2.05) is 4.90 Å². The first kappa shape index (κ1) is 15.4. The van der Waals surface area contributed by atoms with Crippen LogP contribution in [0.1, 0.15) is 24.5 Å². The first-order chi connectivity index (χ1) is 9.58. The molecule has 1 N–H and O–H groups in total. The molecule has 1 aromatic rings. The van der Waals surface area contributed by atoms with Crippen molar-refractivity contribution in [1.82, 2.24) is 10.2 Å². The Morgan fingerprint density at radius 3 is 2.90 bits per heavy atom. The molecule has 0 bridgehead atoms. The Balaban J connectivity index is 1.80. The molecule has 1 aromatic carbocycles. The lowest BCUT2D eigenvalue weighted by Gasteiger charge is -2.34. The number of amides is 1. The van der Waals surface area contributed by atoms with Crippen molar-refractivity contribution in [3.63, 3.8) is 0 Å². The number of hydrogen-bond donors (Lipinski definition) is 1. The van der Waals surface area contributed by atoms with E-state index in [0.29, 0.717) is 12.5 Å². The highest BCUT2D eigenvalue weighted by Crippen LogP contribution is 2.22. The Morgan fingerprint density at radius 2 is 2.20 bits per heavy atom. The topological polar surface area (TPSA) is 32.3 Å². The molecule has 1 aliphatic rings. The van der Waals surface area contributed by atoms with E-state index in [9.17, 15) is 4.79 Å². The summed E-state index contributed by atoms with van der Waals surface area (Å²) in [5.74, 6) is 1.15. The summed E-state index contributed by atoms with van der Waals surface area (Å²) < 4.78 is 0. The molecule has 0 saturated carbocycles. The monoisotopic (exact) mass is 292 g/mol. The van der Waals surface area contributed by atoms with Crippen LogP contribution in [0.2, 0.25) is 0 Å². The van der Waals surface area contributed by atoms with E-state index in [1.165, 1.54) is 16.0 Å². The second-order valence-corrected chi connectivity index (χ2v) is 6.65. The van der Waals surface area contributed by atoms with Crippen LogP contribution in [0.3, 0.4) is 0 Å². The summed E-state index contributed by atoms with van der Waals surface area (Å²) in [5, 5.41) is 3.31. The quantitative estimate of drug-likeness (QED) is 0.866. The molecule has 1 amide bonds. The average molecular weight is 292 g/mol. The third-order valence-electron chi connectivity index (χ3n) is 3.88. The zero-order valence-electron chi connectivity index (χ0n) is 12.6. The van der Waals surface area contributed by atoms with Crippen LogP contribution in [0.25, 0.3) is 0 Å². The number of carbonyl (C=O) groups excluding carboxylic acids is 1. The van der Waals surface area contributed by atoms with Gasteiger partial charge in [-0.2, -0.15) is 0 Å². The predicted octanol–water partition coefficient (Wildman–Crippen LogP) is 2.61. The molecule has 0 radical (unpaired) electrons. The number of nitrogens with one attached hydrogen (secondary N) is 1. The molecule has 1 fully saturated rings. The minimum Gasteiger partial charge on any atom is -0.337 e. The Labute approximate surface area is 126 Å². The number of carbonyl (C=O) groups is 1. The maximum atomic E-state index is 12.2. The average Bonchev–Trinajstić information content (AvgIpc) is 2.43. The lowest BCUT2D eigenvalue weighted by molar-refractivity contribution is -0.133. The molecule has 1 saturated heterocycles. The van der Waals surface area contributed by atoms with Crippen molar-refractivity contribution in [2.75, 3.05) is 25.4 Å². The van der Waals surface area contributed by atoms with E-state index >= 15 is 0 Å². The van der Waals surface area contributed by atoms with Gasteiger partial charge in [-0.25, -0.2) is 0 Å². The van der Waals surface area contributed by atoms with Gasteiger partial charge >= 0.3 is 0 Å². The van der Waals surface area contributed by atoms with Gasteiger partial charge in [-0.05, 0) is 44.0 Å². The molecule has 1 heterocycles. The molecule has 0 spiro atoms. The van der Waals surface area contributed by atoms with Gasteiger partial charge in [0, 0.05) is 42.7 Å². The van der Waals surface area contributed by atoms with Crippen molar-refractivity contribution in [2.45, 2.75) is 38.1 Å². The molecule has 1 aliphatic heterocycles. The van der Waals surface area contributed by atoms with E-state index < -0.39 is 0 Å². The Kier molecular flexibility index (Phi) is 5.49.